The van der Waals surface area contributed by atoms with Gasteiger partial charge in [0, 0.05) is 32.7 Å². The van der Waals surface area contributed by atoms with E-state index >= 15 is 0 Å². The molecule has 0 aliphatic carbocycles. The van der Waals surface area contributed by atoms with E-state index in [1.165, 1.54) is 32.7 Å². The van der Waals surface area contributed by atoms with Gasteiger partial charge in [0.15, 0.2) is 0 Å². The second kappa shape index (κ2) is 4.97. The van der Waals surface area contributed by atoms with E-state index in [-0.39, 0.29) is 0 Å². The average molecular weight is 183 g/mol. The second-order valence-electron chi connectivity index (χ2n) is 4.56. The Kier molecular flexibility index (Phi) is 4.20. The van der Waals surface area contributed by atoms with E-state index in [1.807, 2.05) is 0 Å². The van der Waals surface area contributed by atoms with Gasteiger partial charge in [-0.05, 0) is 18.9 Å². The first-order valence-corrected chi connectivity index (χ1v) is 5.33. The predicted octanol–water partition coefficient (Wildman–Crippen LogP) is 1.34. The van der Waals surface area contributed by atoms with E-state index in [4.69, 9.17) is 0 Å². The molecule has 0 amide bonds. The van der Waals surface area contributed by atoms with Gasteiger partial charge in [0.25, 0.3) is 0 Å². The van der Waals surface area contributed by atoms with E-state index in [0.29, 0.717) is 5.92 Å². The van der Waals surface area contributed by atoms with Gasteiger partial charge in [0.2, 0.25) is 0 Å². The fourth-order valence-electron chi connectivity index (χ4n) is 1.62. The number of piperazine rings is 1. The summed E-state index contributed by atoms with van der Waals surface area (Å²) in [7, 11) is 2.20. The molecule has 1 heterocycles. The van der Waals surface area contributed by atoms with Crippen molar-refractivity contribution < 1.29 is 0 Å². The number of likely N-dealkylation sites (N-methyl/N-ethyl adjacent to an activating group) is 1. The molecule has 2 atom stereocenters. The molecule has 1 aliphatic rings. The summed E-state index contributed by atoms with van der Waals surface area (Å²) in [5.74, 6) is 1.29. The molecule has 0 spiro atoms. The maximum absolute atomic E-state index is 4.08. The highest BCUT2D eigenvalue weighted by atomic mass is 15.2. The first-order chi connectivity index (χ1) is 6.09. The zero-order valence-corrected chi connectivity index (χ0v) is 9.29. The van der Waals surface area contributed by atoms with Crippen LogP contribution in [0, 0.1) is 18.8 Å². The summed E-state index contributed by atoms with van der Waals surface area (Å²) in [4.78, 5) is 4.96. The van der Waals surface area contributed by atoms with E-state index in [9.17, 15) is 0 Å². The predicted molar refractivity (Wildman–Crippen MR) is 57.6 cm³/mol. The lowest BCUT2D eigenvalue weighted by Gasteiger charge is -2.34. The molecule has 0 aromatic rings. The van der Waals surface area contributed by atoms with Crippen LogP contribution in [0.3, 0.4) is 0 Å². The molecule has 0 bridgehead atoms. The molecular weight excluding hydrogens is 160 g/mol. The number of hydrogen-bond donors (Lipinski definition) is 0. The van der Waals surface area contributed by atoms with Gasteiger partial charge in [-0.1, -0.05) is 20.8 Å². The summed E-state index contributed by atoms with van der Waals surface area (Å²) in [6.07, 6.45) is 0. The number of rotatable bonds is 3. The van der Waals surface area contributed by atoms with Gasteiger partial charge >= 0.3 is 0 Å². The van der Waals surface area contributed by atoms with E-state index < -0.39 is 0 Å². The Labute approximate surface area is 82.9 Å². The Balaban J connectivity index is 2.22. The first kappa shape index (κ1) is 11.0. The highest BCUT2D eigenvalue weighted by molar-refractivity contribution is 4.73. The molecule has 0 aromatic heterocycles. The van der Waals surface area contributed by atoms with Crippen molar-refractivity contribution in [3.05, 3.63) is 6.92 Å². The van der Waals surface area contributed by atoms with Crippen molar-refractivity contribution in [2.45, 2.75) is 13.8 Å². The summed E-state index contributed by atoms with van der Waals surface area (Å²) < 4.78 is 0. The largest absolute Gasteiger partial charge is 0.304 e. The van der Waals surface area contributed by atoms with Crippen LogP contribution >= 0.6 is 0 Å². The van der Waals surface area contributed by atoms with Crippen molar-refractivity contribution in [2.24, 2.45) is 11.8 Å². The van der Waals surface area contributed by atoms with Crippen LogP contribution in [0.1, 0.15) is 13.8 Å². The van der Waals surface area contributed by atoms with Crippen molar-refractivity contribution in [2.75, 3.05) is 39.8 Å². The summed E-state index contributed by atoms with van der Waals surface area (Å²) in [5.41, 5.74) is 0. The van der Waals surface area contributed by atoms with Gasteiger partial charge in [-0.3, -0.25) is 0 Å². The van der Waals surface area contributed by atoms with Crippen molar-refractivity contribution in [3.63, 3.8) is 0 Å². The minimum Gasteiger partial charge on any atom is -0.304 e. The smallest absolute Gasteiger partial charge is 0.0110 e. The van der Waals surface area contributed by atoms with Crippen LogP contribution in [-0.2, 0) is 0 Å². The van der Waals surface area contributed by atoms with Gasteiger partial charge < -0.3 is 9.80 Å². The quantitative estimate of drug-likeness (QED) is 0.651. The molecule has 0 saturated carbocycles. The summed E-state index contributed by atoms with van der Waals surface area (Å²) in [6.45, 7) is 14.7. The maximum atomic E-state index is 4.08. The minimum absolute atomic E-state index is 0.569. The second-order valence-corrected chi connectivity index (χ2v) is 4.56. The summed E-state index contributed by atoms with van der Waals surface area (Å²) in [5, 5.41) is 0. The fourth-order valence-corrected chi connectivity index (χ4v) is 1.62. The van der Waals surface area contributed by atoms with Crippen LogP contribution in [0.2, 0.25) is 0 Å². The molecule has 1 saturated heterocycles. The zero-order valence-electron chi connectivity index (χ0n) is 9.29. The Morgan fingerprint density at radius 2 is 1.69 bits per heavy atom. The fraction of sp³-hybridized carbons (Fsp3) is 0.909. The minimum atomic E-state index is 0.569. The molecule has 2 nitrogen and oxygen atoms in total. The van der Waals surface area contributed by atoms with Gasteiger partial charge in [-0.25, -0.2) is 0 Å². The Morgan fingerprint density at radius 1 is 1.15 bits per heavy atom. The van der Waals surface area contributed by atoms with Gasteiger partial charge in [-0.15, -0.1) is 0 Å². The number of nitrogens with zero attached hydrogens (tertiary/aromatic N) is 2. The Hall–Kier alpha value is -0.0800. The van der Waals surface area contributed by atoms with Crippen LogP contribution in [0.15, 0.2) is 0 Å². The van der Waals surface area contributed by atoms with E-state index in [0.717, 1.165) is 5.92 Å². The molecule has 1 radical (unpaired) electrons. The van der Waals surface area contributed by atoms with E-state index in [1.54, 1.807) is 0 Å². The van der Waals surface area contributed by atoms with Crippen LogP contribution in [0.25, 0.3) is 0 Å². The lowest BCUT2D eigenvalue weighted by Crippen LogP contribution is -2.46. The van der Waals surface area contributed by atoms with Crippen LogP contribution in [0.5, 0.6) is 0 Å². The van der Waals surface area contributed by atoms with Crippen molar-refractivity contribution in [1.29, 1.82) is 0 Å². The molecule has 0 N–H and O–H groups in total. The maximum Gasteiger partial charge on any atom is 0.0110 e. The zero-order chi connectivity index (χ0) is 9.84. The summed E-state index contributed by atoms with van der Waals surface area (Å²) >= 11 is 0. The number of hydrogen-bond acceptors (Lipinski definition) is 2. The van der Waals surface area contributed by atoms with Crippen LogP contribution in [-0.4, -0.2) is 49.6 Å². The SMILES string of the molecule is [CH2]C(C)C(C)CN1CCN(C)CC1. The third-order valence-electron chi connectivity index (χ3n) is 3.11. The van der Waals surface area contributed by atoms with E-state index in [2.05, 4.69) is 37.6 Å². The Bertz CT molecular complexity index is 137. The lowest BCUT2D eigenvalue weighted by molar-refractivity contribution is 0.131. The molecule has 1 aliphatic heterocycles. The van der Waals surface area contributed by atoms with Crippen LogP contribution in [0.4, 0.5) is 0 Å². The van der Waals surface area contributed by atoms with Crippen molar-refractivity contribution in [3.8, 4) is 0 Å². The van der Waals surface area contributed by atoms with Crippen molar-refractivity contribution >= 4 is 0 Å². The standard InChI is InChI=1S/C11H23N2/c1-10(2)11(3)9-13-7-5-12(4)6-8-13/h10-11H,1,5-9H2,2-4H3. The van der Waals surface area contributed by atoms with Crippen molar-refractivity contribution in [1.82, 2.24) is 9.80 Å². The highest BCUT2D eigenvalue weighted by Gasteiger charge is 2.17. The van der Waals surface area contributed by atoms with Gasteiger partial charge in [0.05, 0.1) is 0 Å². The molecule has 2 unspecified atom stereocenters. The molecule has 0 aromatic carbocycles. The first-order valence-electron chi connectivity index (χ1n) is 5.33. The van der Waals surface area contributed by atoms with Gasteiger partial charge in [-0.2, -0.15) is 0 Å². The molecule has 1 rings (SSSR count). The third-order valence-corrected chi connectivity index (χ3v) is 3.11. The lowest BCUT2D eigenvalue weighted by atomic mass is 9.97. The molecule has 1 fully saturated rings. The third kappa shape index (κ3) is 3.65. The summed E-state index contributed by atoms with van der Waals surface area (Å²) in [6, 6.07) is 0. The topological polar surface area (TPSA) is 6.48 Å². The molecule has 13 heavy (non-hydrogen) atoms. The Morgan fingerprint density at radius 3 is 2.15 bits per heavy atom. The highest BCUT2D eigenvalue weighted by Crippen LogP contribution is 2.12. The molecule has 2 heteroatoms. The molecule has 77 valence electrons. The monoisotopic (exact) mass is 183 g/mol. The molecular formula is C11H23N2. The van der Waals surface area contributed by atoms with Gasteiger partial charge in [0.1, 0.15) is 0 Å². The normalized spacial score (nSPS) is 23.8. The average Bonchev–Trinajstić information content (AvgIpc) is 2.08. The van der Waals surface area contributed by atoms with Crippen LogP contribution < -0.4 is 0 Å².